The van der Waals surface area contributed by atoms with Gasteiger partial charge in [-0.3, -0.25) is 0 Å². The molecule has 1 aliphatic heterocycles. The highest BCUT2D eigenvalue weighted by atomic mass is 32.2. The van der Waals surface area contributed by atoms with Crippen LogP contribution in [0.5, 0.6) is 0 Å². The second-order valence-electron chi connectivity index (χ2n) is 4.35. The van der Waals surface area contributed by atoms with Crippen LogP contribution in [0.4, 0.5) is 18.9 Å². The van der Waals surface area contributed by atoms with Crippen molar-refractivity contribution in [1.29, 1.82) is 0 Å². The molecule has 1 aliphatic rings. The van der Waals surface area contributed by atoms with Gasteiger partial charge >= 0.3 is 12.1 Å². The van der Waals surface area contributed by atoms with Gasteiger partial charge in [-0.25, -0.2) is 17.5 Å². The summed E-state index contributed by atoms with van der Waals surface area (Å²) in [4.78, 5) is 11.2. The number of hydrogen-bond donors (Lipinski definition) is 2. The maximum absolute atomic E-state index is 12.9. The zero-order valence-corrected chi connectivity index (χ0v) is 13.0. The Bertz CT molecular complexity index is 761. The number of halogens is 3. The first kappa shape index (κ1) is 17.4. The molecular weight excluding hydrogens is 355 g/mol. The Balaban J connectivity index is 2.67. The van der Waals surface area contributed by atoms with Gasteiger partial charge in [-0.05, 0) is 35.8 Å². The van der Waals surface area contributed by atoms with Crippen LogP contribution < -0.4 is 4.31 Å². The van der Waals surface area contributed by atoms with E-state index in [1.54, 1.807) is 5.41 Å². The van der Waals surface area contributed by atoms with E-state index in [-0.39, 0.29) is 5.70 Å². The SMILES string of the molecule is O=C(O)c1ccc(C(F)(F)F)cc1N(C1=CCSC=C1)[SH](=O)=O. The van der Waals surface area contributed by atoms with E-state index < -0.39 is 39.9 Å². The van der Waals surface area contributed by atoms with Crippen LogP contribution in [0, 0.1) is 0 Å². The number of hydrogen-bond acceptors (Lipinski definition) is 4. The monoisotopic (exact) mass is 365 g/mol. The molecule has 1 aromatic rings. The largest absolute Gasteiger partial charge is 0.478 e. The topological polar surface area (TPSA) is 74.7 Å². The van der Waals surface area contributed by atoms with Gasteiger partial charge in [-0.2, -0.15) is 13.2 Å². The molecular formula is C13H10F3NO4S2. The van der Waals surface area contributed by atoms with E-state index in [0.29, 0.717) is 22.2 Å². The van der Waals surface area contributed by atoms with E-state index >= 15 is 0 Å². The third-order valence-electron chi connectivity index (χ3n) is 2.92. The number of nitrogens with zero attached hydrogens (tertiary/aromatic N) is 1. The van der Waals surface area contributed by atoms with Crippen molar-refractivity contribution in [3.8, 4) is 0 Å². The average molecular weight is 365 g/mol. The number of carbonyl (C=O) groups is 1. The minimum atomic E-state index is -4.72. The second kappa shape index (κ2) is 6.67. The fourth-order valence-electron chi connectivity index (χ4n) is 1.92. The van der Waals surface area contributed by atoms with E-state index in [9.17, 15) is 26.4 Å². The molecule has 0 unspecified atom stereocenters. The van der Waals surface area contributed by atoms with Gasteiger partial charge in [0.15, 0.2) is 0 Å². The van der Waals surface area contributed by atoms with Crippen LogP contribution >= 0.6 is 11.8 Å². The molecule has 0 saturated carbocycles. The van der Waals surface area contributed by atoms with Crippen LogP contribution in [-0.2, 0) is 17.1 Å². The summed E-state index contributed by atoms with van der Waals surface area (Å²) >= 11 is 1.36. The van der Waals surface area contributed by atoms with Crippen molar-refractivity contribution in [1.82, 2.24) is 0 Å². The molecule has 0 aliphatic carbocycles. The number of anilines is 1. The lowest BCUT2D eigenvalue weighted by atomic mass is 10.1. The van der Waals surface area contributed by atoms with E-state index in [2.05, 4.69) is 0 Å². The average Bonchev–Trinajstić information content (AvgIpc) is 2.47. The van der Waals surface area contributed by atoms with Crippen molar-refractivity contribution in [3.63, 3.8) is 0 Å². The summed E-state index contributed by atoms with van der Waals surface area (Å²) in [5.74, 6) is -1.10. The molecule has 0 atom stereocenters. The van der Waals surface area contributed by atoms with Crippen molar-refractivity contribution in [2.75, 3.05) is 10.1 Å². The summed E-state index contributed by atoms with van der Waals surface area (Å²) in [6.07, 6.45) is -1.84. The zero-order valence-electron chi connectivity index (χ0n) is 11.3. The van der Waals surface area contributed by atoms with Gasteiger partial charge in [-0.15, -0.1) is 11.8 Å². The molecule has 23 heavy (non-hydrogen) atoms. The Hall–Kier alpha value is -1.94. The highest BCUT2D eigenvalue weighted by molar-refractivity contribution is 8.02. The molecule has 1 heterocycles. The van der Waals surface area contributed by atoms with Gasteiger partial charge in [0.1, 0.15) is 0 Å². The van der Waals surface area contributed by atoms with Gasteiger partial charge in [-0.1, -0.05) is 0 Å². The van der Waals surface area contributed by atoms with Crippen molar-refractivity contribution in [2.24, 2.45) is 0 Å². The van der Waals surface area contributed by atoms with Crippen molar-refractivity contribution >= 4 is 34.3 Å². The molecule has 1 N–H and O–H groups in total. The summed E-state index contributed by atoms with van der Waals surface area (Å²) in [5.41, 5.74) is -2.12. The zero-order chi connectivity index (χ0) is 17.2. The van der Waals surface area contributed by atoms with Crippen molar-refractivity contribution in [3.05, 3.63) is 52.6 Å². The number of thioether (sulfide) groups is 1. The Labute approximate surface area is 135 Å². The third-order valence-corrected chi connectivity index (χ3v) is 4.38. The first-order valence-corrected chi connectivity index (χ1v) is 8.27. The predicted octanol–water partition coefficient (Wildman–Crippen LogP) is 2.88. The number of thiol groups is 1. The first-order chi connectivity index (χ1) is 10.7. The minimum absolute atomic E-state index is 0.0988. The van der Waals surface area contributed by atoms with Crippen LogP contribution in [-0.4, -0.2) is 25.2 Å². The van der Waals surface area contributed by atoms with Crippen LogP contribution in [0.3, 0.4) is 0 Å². The molecule has 5 nitrogen and oxygen atoms in total. The smallest absolute Gasteiger partial charge is 0.416 e. The standard InChI is InChI=1S/C13H10F3NO4S2/c14-13(15,16)8-1-2-10(12(18)19)11(7-8)17(23(20)21)9-3-5-22-6-4-9/h1-5,7,23H,6H2,(H,18,19). The van der Waals surface area contributed by atoms with Crippen molar-refractivity contribution < 1.29 is 31.5 Å². The maximum atomic E-state index is 12.9. The Morgan fingerprint density at radius 2 is 2.00 bits per heavy atom. The fraction of sp³-hybridized carbons (Fsp3) is 0.154. The van der Waals surface area contributed by atoms with Gasteiger partial charge in [0.25, 0.3) is 0 Å². The van der Waals surface area contributed by atoms with Gasteiger partial charge in [0.2, 0.25) is 10.9 Å². The van der Waals surface area contributed by atoms with E-state index in [0.717, 1.165) is 6.07 Å². The highest BCUT2D eigenvalue weighted by Gasteiger charge is 2.33. The summed E-state index contributed by atoms with van der Waals surface area (Å²) in [6.45, 7) is 0. The first-order valence-electron chi connectivity index (χ1n) is 6.09. The maximum Gasteiger partial charge on any atom is 0.416 e. The molecule has 0 spiro atoms. The lowest BCUT2D eigenvalue weighted by Crippen LogP contribution is -2.23. The third kappa shape index (κ3) is 3.88. The molecule has 0 radical (unpaired) electrons. The van der Waals surface area contributed by atoms with Gasteiger partial charge in [0, 0.05) is 5.75 Å². The van der Waals surface area contributed by atoms with Gasteiger partial charge < -0.3 is 5.11 Å². The summed E-state index contributed by atoms with van der Waals surface area (Å²) in [6, 6.07) is 1.86. The summed E-state index contributed by atoms with van der Waals surface area (Å²) < 4.78 is 62.2. The van der Waals surface area contributed by atoms with Crippen LogP contribution in [0.15, 0.2) is 41.5 Å². The molecule has 0 bridgehead atoms. The number of carboxylic acids is 1. The summed E-state index contributed by atoms with van der Waals surface area (Å²) in [7, 11) is -3.38. The molecule has 1 aromatic carbocycles. The van der Waals surface area contributed by atoms with Crippen LogP contribution in [0.1, 0.15) is 15.9 Å². The molecule has 10 heteroatoms. The van der Waals surface area contributed by atoms with E-state index in [1.165, 1.54) is 23.9 Å². The Morgan fingerprint density at radius 1 is 1.30 bits per heavy atom. The van der Waals surface area contributed by atoms with E-state index in [4.69, 9.17) is 5.11 Å². The fourth-order valence-corrected chi connectivity index (χ4v) is 3.21. The number of aromatic carboxylic acids is 1. The van der Waals surface area contributed by atoms with Crippen molar-refractivity contribution in [2.45, 2.75) is 6.18 Å². The molecule has 2 rings (SSSR count). The number of rotatable bonds is 4. The second-order valence-corrected chi connectivity index (χ2v) is 6.16. The van der Waals surface area contributed by atoms with Crippen LogP contribution in [0.25, 0.3) is 0 Å². The van der Waals surface area contributed by atoms with Crippen LogP contribution in [0.2, 0.25) is 0 Å². The molecule has 124 valence electrons. The molecule has 0 fully saturated rings. The lowest BCUT2D eigenvalue weighted by Gasteiger charge is -2.23. The van der Waals surface area contributed by atoms with Gasteiger partial charge in [0.05, 0.1) is 22.5 Å². The number of alkyl halides is 3. The molecule has 0 aromatic heterocycles. The lowest BCUT2D eigenvalue weighted by molar-refractivity contribution is -0.137. The Kier molecular flexibility index (Phi) is 5.05. The minimum Gasteiger partial charge on any atom is -0.478 e. The predicted molar refractivity (Wildman–Crippen MR) is 80.9 cm³/mol. The Morgan fingerprint density at radius 3 is 2.48 bits per heavy atom. The highest BCUT2D eigenvalue weighted by Crippen LogP contribution is 2.35. The molecule has 0 amide bonds. The summed E-state index contributed by atoms with van der Waals surface area (Å²) in [5, 5.41) is 10.7. The normalized spacial score (nSPS) is 14.7. The quantitative estimate of drug-likeness (QED) is 0.803. The number of benzene rings is 1. The van der Waals surface area contributed by atoms with E-state index in [1.807, 2.05) is 0 Å². The molecule has 0 saturated heterocycles. The number of allylic oxidation sites excluding steroid dienone is 1. The number of carboxylic acid groups (broad SMARTS) is 1.